The first-order chi connectivity index (χ1) is 14.6. The molecule has 4 rings (SSSR count). The summed E-state index contributed by atoms with van der Waals surface area (Å²) in [7, 11) is 0. The molecule has 0 spiro atoms. The van der Waals surface area contributed by atoms with E-state index in [0.29, 0.717) is 18.3 Å². The quantitative estimate of drug-likeness (QED) is 0.491. The Kier molecular flexibility index (Phi) is 5.68. The molecule has 1 heterocycles. The lowest BCUT2D eigenvalue weighted by Crippen LogP contribution is -2.28. The molecule has 0 bridgehead atoms. The van der Waals surface area contributed by atoms with Crippen LogP contribution >= 0.6 is 0 Å². The number of carbonyl (C=O) groups is 1. The molecule has 1 amide bonds. The molecule has 0 aliphatic rings. The normalized spacial score (nSPS) is 10.8. The Hall–Kier alpha value is -3.77. The number of benzene rings is 3. The molecule has 0 atom stereocenters. The minimum atomic E-state index is -0.377. The number of primary amides is 1. The summed E-state index contributed by atoms with van der Waals surface area (Å²) in [6, 6.07) is 24.1. The van der Waals surface area contributed by atoms with Crippen molar-refractivity contribution in [2.75, 3.05) is 6.54 Å². The molecule has 150 valence electrons. The van der Waals surface area contributed by atoms with E-state index in [9.17, 15) is 4.79 Å². The Morgan fingerprint density at radius 1 is 0.933 bits per heavy atom. The second-order valence-electron chi connectivity index (χ2n) is 7.03. The van der Waals surface area contributed by atoms with E-state index < -0.39 is 0 Å². The van der Waals surface area contributed by atoms with E-state index in [1.807, 2.05) is 54.6 Å². The monoisotopic (exact) mass is 398 g/mol. The molecule has 3 N–H and O–H groups in total. The number of carbonyl (C=O) groups excluding carboxylic acids is 1. The fourth-order valence-corrected chi connectivity index (χ4v) is 3.35. The van der Waals surface area contributed by atoms with Gasteiger partial charge in [-0.05, 0) is 35.2 Å². The van der Waals surface area contributed by atoms with Crippen LogP contribution in [-0.2, 0) is 11.3 Å². The molecular formula is C24H22N4O2. The first kappa shape index (κ1) is 19.5. The zero-order valence-electron chi connectivity index (χ0n) is 16.6. The minimum absolute atomic E-state index is 0.150. The van der Waals surface area contributed by atoms with Crippen LogP contribution in [0.1, 0.15) is 11.1 Å². The lowest BCUT2D eigenvalue weighted by atomic mass is 9.96. The topological polar surface area (TPSA) is 94.0 Å². The number of hydrogen-bond acceptors (Lipinski definition) is 5. The standard InChI is InChI=1S/C24H22N4O2/c1-16-20(18-6-3-2-4-7-18)8-5-9-21(16)24-27-23(28-30-24)19-12-10-17(11-13-19)14-26-15-22(25)29/h2-13,26H,14-15H2,1H3,(H2,25,29). The molecular weight excluding hydrogens is 376 g/mol. The van der Waals surface area contributed by atoms with Crippen LogP contribution in [-0.4, -0.2) is 22.6 Å². The molecule has 6 heteroatoms. The molecule has 30 heavy (non-hydrogen) atoms. The van der Waals surface area contributed by atoms with Gasteiger partial charge in [-0.3, -0.25) is 4.79 Å². The zero-order valence-corrected chi connectivity index (χ0v) is 16.6. The van der Waals surface area contributed by atoms with Crippen LogP contribution in [0.25, 0.3) is 34.0 Å². The molecule has 0 saturated heterocycles. The Balaban J connectivity index is 1.56. The van der Waals surface area contributed by atoms with Crippen molar-refractivity contribution < 1.29 is 9.32 Å². The number of aromatic nitrogens is 2. The third kappa shape index (κ3) is 4.29. The smallest absolute Gasteiger partial charge is 0.258 e. The number of nitrogens with one attached hydrogen (secondary N) is 1. The van der Waals surface area contributed by atoms with Gasteiger partial charge >= 0.3 is 0 Å². The number of hydrogen-bond donors (Lipinski definition) is 2. The van der Waals surface area contributed by atoms with Gasteiger partial charge < -0.3 is 15.6 Å². The summed E-state index contributed by atoms with van der Waals surface area (Å²) in [4.78, 5) is 15.4. The summed E-state index contributed by atoms with van der Waals surface area (Å²) in [6.07, 6.45) is 0. The van der Waals surface area contributed by atoms with E-state index >= 15 is 0 Å². The van der Waals surface area contributed by atoms with Crippen LogP contribution < -0.4 is 11.1 Å². The van der Waals surface area contributed by atoms with Crippen molar-refractivity contribution in [3.63, 3.8) is 0 Å². The van der Waals surface area contributed by atoms with E-state index in [1.165, 1.54) is 0 Å². The van der Waals surface area contributed by atoms with Crippen molar-refractivity contribution in [1.82, 2.24) is 15.5 Å². The van der Waals surface area contributed by atoms with E-state index in [1.54, 1.807) is 0 Å². The highest BCUT2D eigenvalue weighted by Gasteiger charge is 2.15. The van der Waals surface area contributed by atoms with Crippen molar-refractivity contribution in [2.24, 2.45) is 5.73 Å². The van der Waals surface area contributed by atoms with Crippen LogP contribution in [0.2, 0.25) is 0 Å². The van der Waals surface area contributed by atoms with Gasteiger partial charge in [0.2, 0.25) is 11.7 Å². The van der Waals surface area contributed by atoms with Crippen molar-refractivity contribution in [3.8, 4) is 34.0 Å². The summed E-state index contributed by atoms with van der Waals surface area (Å²) in [5, 5.41) is 7.15. The van der Waals surface area contributed by atoms with E-state index in [4.69, 9.17) is 10.3 Å². The average Bonchev–Trinajstić information content (AvgIpc) is 3.25. The molecule has 6 nitrogen and oxygen atoms in total. The highest BCUT2D eigenvalue weighted by Crippen LogP contribution is 2.31. The van der Waals surface area contributed by atoms with E-state index in [0.717, 1.165) is 33.4 Å². The van der Waals surface area contributed by atoms with Gasteiger partial charge in [-0.2, -0.15) is 4.98 Å². The molecule has 1 aromatic heterocycles. The van der Waals surface area contributed by atoms with Gasteiger partial charge in [0.25, 0.3) is 5.89 Å². The number of amides is 1. The molecule has 3 aromatic carbocycles. The van der Waals surface area contributed by atoms with E-state index in [-0.39, 0.29) is 12.5 Å². The third-order valence-electron chi connectivity index (χ3n) is 4.92. The molecule has 0 aliphatic heterocycles. The summed E-state index contributed by atoms with van der Waals surface area (Å²) >= 11 is 0. The van der Waals surface area contributed by atoms with Gasteiger partial charge in [0, 0.05) is 17.7 Å². The van der Waals surface area contributed by atoms with E-state index in [2.05, 4.69) is 40.6 Å². The van der Waals surface area contributed by atoms with Crippen molar-refractivity contribution in [3.05, 3.63) is 83.9 Å². The van der Waals surface area contributed by atoms with Crippen LogP contribution in [0.5, 0.6) is 0 Å². The summed E-state index contributed by atoms with van der Waals surface area (Å²) < 4.78 is 5.57. The molecule has 0 radical (unpaired) electrons. The lowest BCUT2D eigenvalue weighted by molar-refractivity contribution is -0.117. The molecule has 0 saturated carbocycles. The number of nitrogens with zero attached hydrogens (tertiary/aromatic N) is 2. The summed E-state index contributed by atoms with van der Waals surface area (Å²) in [6.45, 7) is 2.78. The van der Waals surface area contributed by atoms with Crippen molar-refractivity contribution >= 4 is 5.91 Å². The average molecular weight is 398 g/mol. The highest BCUT2D eigenvalue weighted by atomic mass is 16.5. The van der Waals surface area contributed by atoms with Gasteiger partial charge in [-0.25, -0.2) is 0 Å². The first-order valence-electron chi connectivity index (χ1n) is 9.69. The SMILES string of the molecule is Cc1c(-c2ccccc2)cccc1-c1nc(-c2ccc(CNCC(N)=O)cc2)no1. The number of rotatable bonds is 7. The second-order valence-corrected chi connectivity index (χ2v) is 7.03. The fourth-order valence-electron chi connectivity index (χ4n) is 3.35. The predicted molar refractivity (Wildman–Crippen MR) is 116 cm³/mol. The predicted octanol–water partition coefficient (Wildman–Crippen LogP) is 3.95. The van der Waals surface area contributed by atoms with Crippen LogP contribution in [0, 0.1) is 6.92 Å². The molecule has 0 fully saturated rings. The maximum absolute atomic E-state index is 10.8. The Labute approximate surface area is 174 Å². The van der Waals surface area contributed by atoms with Gasteiger partial charge in [0.1, 0.15) is 0 Å². The van der Waals surface area contributed by atoms with Gasteiger partial charge in [0.05, 0.1) is 6.54 Å². The third-order valence-corrected chi connectivity index (χ3v) is 4.92. The van der Waals surface area contributed by atoms with Gasteiger partial charge in [-0.15, -0.1) is 0 Å². The Bertz CT molecular complexity index is 1150. The van der Waals surface area contributed by atoms with Gasteiger partial charge in [0.15, 0.2) is 0 Å². The van der Waals surface area contributed by atoms with Gasteiger partial charge in [-0.1, -0.05) is 71.9 Å². The maximum atomic E-state index is 10.8. The zero-order chi connectivity index (χ0) is 20.9. The van der Waals surface area contributed by atoms with Crippen molar-refractivity contribution in [2.45, 2.75) is 13.5 Å². The van der Waals surface area contributed by atoms with Crippen LogP contribution in [0.15, 0.2) is 77.3 Å². The van der Waals surface area contributed by atoms with Crippen molar-refractivity contribution in [1.29, 1.82) is 0 Å². The fraction of sp³-hybridized carbons (Fsp3) is 0.125. The maximum Gasteiger partial charge on any atom is 0.258 e. The lowest BCUT2D eigenvalue weighted by Gasteiger charge is -2.08. The largest absolute Gasteiger partial charge is 0.369 e. The minimum Gasteiger partial charge on any atom is -0.369 e. The molecule has 0 aliphatic carbocycles. The number of nitrogens with two attached hydrogens (primary N) is 1. The highest BCUT2D eigenvalue weighted by molar-refractivity contribution is 5.76. The van der Waals surface area contributed by atoms with Crippen LogP contribution in [0.3, 0.4) is 0 Å². The Morgan fingerprint density at radius 2 is 1.67 bits per heavy atom. The second kappa shape index (κ2) is 8.71. The molecule has 0 unspecified atom stereocenters. The summed E-state index contributed by atoms with van der Waals surface area (Å²) in [5.41, 5.74) is 11.3. The van der Waals surface area contributed by atoms with Crippen LogP contribution in [0.4, 0.5) is 0 Å². The molecule has 4 aromatic rings. The Morgan fingerprint density at radius 3 is 2.40 bits per heavy atom. The first-order valence-corrected chi connectivity index (χ1v) is 9.69. The summed E-state index contributed by atoms with van der Waals surface area (Å²) in [5.74, 6) is 0.649.